The first-order valence-corrected chi connectivity index (χ1v) is 4.14. The van der Waals surface area contributed by atoms with E-state index in [0.29, 0.717) is 6.54 Å². The fourth-order valence-electron chi connectivity index (χ4n) is 0.553. The number of carbonyl (C=O) groups is 1. The molecule has 0 unspecified atom stereocenters. The van der Waals surface area contributed by atoms with Crippen LogP contribution in [-0.2, 0) is 4.74 Å². The molecular weight excluding hydrogens is 170 g/mol. The van der Waals surface area contributed by atoms with Gasteiger partial charge in [0.05, 0.1) is 0 Å². The first kappa shape index (κ1) is 12.0. The summed E-state index contributed by atoms with van der Waals surface area (Å²) in [4.78, 5) is 10.9. The highest BCUT2D eigenvalue weighted by Crippen LogP contribution is 2.10. The second-order valence-electron chi connectivity index (χ2n) is 3.56. The molecule has 0 saturated carbocycles. The van der Waals surface area contributed by atoms with Crippen molar-refractivity contribution in [1.29, 1.82) is 0 Å². The smallest absolute Gasteiger partial charge is 0.407 e. The third kappa shape index (κ3) is 6.16. The molecular formula is C9H17NO3. The molecule has 0 aromatic rings. The van der Waals surface area contributed by atoms with Crippen molar-refractivity contribution in [2.24, 2.45) is 5.41 Å². The number of hydrogen-bond acceptors (Lipinski definition) is 3. The van der Waals surface area contributed by atoms with Gasteiger partial charge in [-0.05, 0) is 0 Å². The fourth-order valence-corrected chi connectivity index (χ4v) is 0.553. The molecule has 0 aliphatic carbocycles. The molecule has 0 aliphatic heterocycles. The number of amides is 1. The number of aliphatic hydroxyl groups excluding tert-OH is 1. The predicted octanol–water partition coefficient (Wildman–Crippen LogP) is 0.917. The van der Waals surface area contributed by atoms with Gasteiger partial charge in [-0.25, -0.2) is 4.79 Å². The monoisotopic (exact) mass is 187 g/mol. The summed E-state index contributed by atoms with van der Waals surface area (Å²) in [7, 11) is 0. The Bertz CT molecular complexity index is 178. The Balaban J connectivity index is 3.63. The van der Waals surface area contributed by atoms with Gasteiger partial charge in [0.25, 0.3) is 0 Å². The molecule has 0 radical (unpaired) electrons. The van der Waals surface area contributed by atoms with E-state index in [2.05, 4.69) is 16.6 Å². The first-order chi connectivity index (χ1) is 6.02. The maximum absolute atomic E-state index is 10.9. The van der Waals surface area contributed by atoms with E-state index in [-0.39, 0.29) is 18.6 Å². The summed E-state index contributed by atoms with van der Waals surface area (Å²) in [5.74, 6) is 0. The average molecular weight is 187 g/mol. The van der Waals surface area contributed by atoms with Crippen molar-refractivity contribution >= 4 is 6.09 Å². The second-order valence-corrected chi connectivity index (χ2v) is 3.56. The molecule has 76 valence electrons. The minimum atomic E-state index is -0.485. The number of nitrogens with one attached hydrogen (secondary N) is 1. The molecule has 0 aliphatic rings. The quantitative estimate of drug-likeness (QED) is 0.629. The maximum atomic E-state index is 10.9. The number of carbonyl (C=O) groups excluding carboxylic acids is 1. The van der Waals surface area contributed by atoms with E-state index in [0.717, 1.165) is 0 Å². The Morgan fingerprint density at radius 1 is 1.69 bits per heavy atom. The van der Waals surface area contributed by atoms with Gasteiger partial charge in [0, 0.05) is 18.6 Å². The van der Waals surface area contributed by atoms with Gasteiger partial charge in [-0.15, -0.1) is 0 Å². The van der Waals surface area contributed by atoms with E-state index in [1.807, 2.05) is 13.8 Å². The van der Waals surface area contributed by atoms with Crippen LogP contribution in [0.4, 0.5) is 4.79 Å². The van der Waals surface area contributed by atoms with Crippen molar-refractivity contribution in [1.82, 2.24) is 5.32 Å². The zero-order valence-corrected chi connectivity index (χ0v) is 8.17. The van der Waals surface area contributed by atoms with Crippen LogP contribution in [0.15, 0.2) is 12.7 Å². The first-order valence-electron chi connectivity index (χ1n) is 4.14. The summed E-state index contributed by atoms with van der Waals surface area (Å²) < 4.78 is 4.68. The fraction of sp³-hybridized carbons (Fsp3) is 0.667. The van der Waals surface area contributed by atoms with Crippen LogP contribution in [-0.4, -0.2) is 31.0 Å². The Hall–Kier alpha value is -1.03. The summed E-state index contributed by atoms with van der Waals surface area (Å²) in [6, 6.07) is 0. The summed E-state index contributed by atoms with van der Waals surface area (Å²) in [5.41, 5.74) is -0.312. The largest absolute Gasteiger partial charge is 0.445 e. The van der Waals surface area contributed by atoms with E-state index >= 15 is 0 Å². The van der Waals surface area contributed by atoms with Crippen molar-refractivity contribution in [3.63, 3.8) is 0 Å². The van der Waals surface area contributed by atoms with Crippen molar-refractivity contribution < 1.29 is 14.6 Å². The van der Waals surface area contributed by atoms with E-state index in [1.165, 1.54) is 6.08 Å². The van der Waals surface area contributed by atoms with Crippen LogP contribution in [0.3, 0.4) is 0 Å². The molecule has 0 saturated heterocycles. The molecule has 13 heavy (non-hydrogen) atoms. The Labute approximate surface area is 78.6 Å². The lowest BCUT2D eigenvalue weighted by Crippen LogP contribution is -2.36. The van der Waals surface area contributed by atoms with Gasteiger partial charge in [-0.3, -0.25) is 0 Å². The molecule has 2 N–H and O–H groups in total. The molecule has 4 nitrogen and oxygen atoms in total. The highest BCUT2D eigenvalue weighted by Gasteiger charge is 2.17. The van der Waals surface area contributed by atoms with Gasteiger partial charge in [0.15, 0.2) is 0 Å². The van der Waals surface area contributed by atoms with Crippen LogP contribution in [0.1, 0.15) is 13.8 Å². The molecule has 0 heterocycles. The number of hydrogen-bond donors (Lipinski definition) is 2. The van der Waals surface area contributed by atoms with Crippen LogP contribution < -0.4 is 5.32 Å². The van der Waals surface area contributed by atoms with E-state index in [9.17, 15) is 4.79 Å². The minimum absolute atomic E-state index is 0.0226. The minimum Gasteiger partial charge on any atom is -0.445 e. The Morgan fingerprint density at radius 3 is 2.77 bits per heavy atom. The van der Waals surface area contributed by atoms with Crippen LogP contribution in [0.2, 0.25) is 0 Å². The molecule has 1 amide bonds. The SMILES string of the molecule is C=CCOC(=O)NCC(C)(C)CO. The zero-order chi connectivity index (χ0) is 10.3. The predicted molar refractivity (Wildman–Crippen MR) is 50.4 cm³/mol. The van der Waals surface area contributed by atoms with Crippen LogP contribution >= 0.6 is 0 Å². The molecule has 0 rings (SSSR count). The topological polar surface area (TPSA) is 58.6 Å². The lowest BCUT2D eigenvalue weighted by molar-refractivity contribution is 0.134. The summed E-state index contributed by atoms with van der Waals surface area (Å²) in [6.45, 7) is 7.72. The molecule has 4 heteroatoms. The van der Waals surface area contributed by atoms with Crippen molar-refractivity contribution in [2.45, 2.75) is 13.8 Å². The van der Waals surface area contributed by atoms with Crippen LogP contribution in [0.5, 0.6) is 0 Å². The van der Waals surface area contributed by atoms with Gasteiger partial charge < -0.3 is 15.2 Å². The second kappa shape index (κ2) is 5.59. The van der Waals surface area contributed by atoms with E-state index < -0.39 is 6.09 Å². The molecule has 0 aromatic heterocycles. The Kier molecular flexibility index (Phi) is 5.14. The molecule has 0 bridgehead atoms. The van der Waals surface area contributed by atoms with E-state index in [1.54, 1.807) is 0 Å². The normalized spacial score (nSPS) is 10.7. The number of ether oxygens (including phenoxy) is 1. The van der Waals surface area contributed by atoms with Gasteiger partial charge in [0.2, 0.25) is 0 Å². The lowest BCUT2D eigenvalue weighted by Gasteiger charge is -2.21. The lowest BCUT2D eigenvalue weighted by atomic mass is 9.95. The van der Waals surface area contributed by atoms with Crippen LogP contribution in [0, 0.1) is 5.41 Å². The van der Waals surface area contributed by atoms with E-state index in [4.69, 9.17) is 5.11 Å². The molecule has 0 spiro atoms. The van der Waals surface area contributed by atoms with Crippen molar-refractivity contribution in [2.75, 3.05) is 19.8 Å². The van der Waals surface area contributed by atoms with Crippen molar-refractivity contribution in [3.8, 4) is 0 Å². The molecule has 0 aromatic carbocycles. The van der Waals surface area contributed by atoms with Gasteiger partial charge >= 0.3 is 6.09 Å². The Morgan fingerprint density at radius 2 is 2.31 bits per heavy atom. The molecule has 0 atom stereocenters. The third-order valence-corrected chi connectivity index (χ3v) is 1.47. The summed E-state index contributed by atoms with van der Waals surface area (Å²) in [6.07, 6.45) is 1.01. The highest BCUT2D eigenvalue weighted by atomic mass is 16.5. The maximum Gasteiger partial charge on any atom is 0.407 e. The average Bonchev–Trinajstić information content (AvgIpc) is 2.11. The summed E-state index contributed by atoms with van der Waals surface area (Å²) >= 11 is 0. The van der Waals surface area contributed by atoms with Gasteiger partial charge in [-0.2, -0.15) is 0 Å². The standard InChI is InChI=1S/C9H17NO3/c1-4-5-13-8(12)10-6-9(2,3)7-11/h4,11H,1,5-7H2,2-3H3,(H,10,12). The summed E-state index contributed by atoms with van der Waals surface area (Å²) in [5, 5.41) is 11.4. The van der Waals surface area contributed by atoms with Gasteiger partial charge in [0.1, 0.15) is 6.61 Å². The third-order valence-electron chi connectivity index (χ3n) is 1.47. The number of rotatable bonds is 5. The van der Waals surface area contributed by atoms with Gasteiger partial charge in [-0.1, -0.05) is 26.5 Å². The number of alkyl carbamates (subject to hydrolysis) is 1. The number of aliphatic hydroxyl groups is 1. The highest BCUT2D eigenvalue weighted by molar-refractivity contribution is 5.67. The zero-order valence-electron chi connectivity index (χ0n) is 8.17. The molecule has 0 fully saturated rings. The van der Waals surface area contributed by atoms with Crippen molar-refractivity contribution in [3.05, 3.63) is 12.7 Å². The van der Waals surface area contributed by atoms with Crippen LogP contribution in [0.25, 0.3) is 0 Å².